The Morgan fingerprint density at radius 2 is 2.14 bits per heavy atom. The third kappa shape index (κ3) is 2.48. The van der Waals surface area contributed by atoms with Gasteiger partial charge < -0.3 is 14.8 Å². The Bertz CT molecular complexity index is 355. The number of hydrogen-bond donors (Lipinski definition) is 0. The van der Waals surface area contributed by atoms with E-state index < -0.39 is 6.09 Å². The van der Waals surface area contributed by atoms with Crippen molar-refractivity contribution in [3.8, 4) is 0 Å². The summed E-state index contributed by atoms with van der Waals surface area (Å²) in [5.41, 5.74) is 0.593. The summed E-state index contributed by atoms with van der Waals surface area (Å²) < 4.78 is 1.61. The molecule has 0 N–H and O–H groups in total. The molecule has 0 saturated heterocycles. The monoisotopic (exact) mass is 320 g/mol. The number of carbonyl (C=O) groups is 1. The summed E-state index contributed by atoms with van der Waals surface area (Å²) in [5, 5.41) is 10.8. The highest BCUT2D eigenvalue weighted by Crippen LogP contribution is 2.29. The van der Waals surface area contributed by atoms with E-state index in [1.54, 1.807) is 25.1 Å². The minimum atomic E-state index is -1.20. The fourth-order valence-corrected chi connectivity index (χ4v) is 2.36. The summed E-state index contributed by atoms with van der Waals surface area (Å²) in [6.45, 7) is 2.12. The Labute approximate surface area is 99.0 Å². The third-order valence-corrected chi connectivity index (χ3v) is 2.87. The number of halogens is 2. The Kier molecular flexibility index (Phi) is 3.95. The summed E-state index contributed by atoms with van der Waals surface area (Å²) in [6, 6.07) is 5.29. The van der Waals surface area contributed by atoms with E-state index in [0.29, 0.717) is 12.2 Å². The molecule has 1 aromatic carbocycles. The van der Waals surface area contributed by atoms with Crippen LogP contribution in [0.4, 0.5) is 10.5 Å². The molecule has 0 fully saturated rings. The van der Waals surface area contributed by atoms with Crippen molar-refractivity contribution in [3.63, 3.8) is 0 Å². The maximum Gasteiger partial charge on any atom is 0.141 e. The summed E-state index contributed by atoms with van der Waals surface area (Å²) in [5.74, 6) is 0. The van der Waals surface area contributed by atoms with Crippen LogP contribution in [0, 0.1) is 0 Å². The van der Waals surface area contributed by atoms with Crippen LogP contribution in [0.1, 0.15) is 6.92 Å². The van der Waals surface area contributed by atoms with E-state index in [9.17, 15) is 9.90 Å². The molecular formula is C9H8Br2NO2-. The molecule has 1 aromatic rings. The van der Waals surface area contributed by atoms with Crippen LogP contribution in [0.15, 0.2) is 27.1 Å². The van der Waals surface area contributed by atoms with Gasteiger partial charge in [-0.15, -0.1) is 0 Å². The van der Waals surface area contributed by atoms with Gasteiger partial charge in [0.2, 0.25) is 0 Å². The highest BCUT2D eigenvalue weighted by Gasteiger charge is 2.08. The molecule has 76 valence electrons. The number of anilines is 1. The molecule has 14 heavy (non-hydrogen) atoms. The molecule has 5 heteroatoms. The number of rotatable bonds is 2. The molecular weight excluding hydrogens is 314 g/mol. The molecule has 0 bridgehead atoms. The molecule has 0 unspecified atom stereocenters. The topological polar surface area (TPSA) is 43.4 Å². The van der Waals surface area contributed by atoms with Crippen LogP contribution in [0.25, 0.3) is 0 Å². The van der Waals surface area contributed by atoms with Gasteiger partial charge in [0.05, 0.1) is 5.69 Å². The van der Waals surface area contributed by atoms with Gasteiger partial charge in [0.15, 0.2) is 0 Å². The third-order valence-electron chi connectivity index (χ3n) is 1.74. The first-order chi connectivity index (χ1) is 6.56. The van der Waals surface area contributed by atoms with Crippen molar-refractivity contribution in [2.45, 2.75) is 6.92 Å². The zero-order valence-corrected chi connectivity index (χ0v) is 10.6. The van der Waals surface area contributed by atoms with E-state index in [1.165, 1.54) is 0 Å². The Morgan fingerprint density at radius 1 is 1.50 bits per heavy atom. The van der Waals surface area contributed by atoms with Crippen LogP contribution in [-0.4, -0.2) is 12.6 Å². The lowest BCUT2D eigenvalue weighted by Crippen LogP contribution is -2.41. The average Bonchev–Trinajstić information content (AvgIpc) is 2.09. The minimum Gasteiger partial charge on any atom is -0.530 e. The van der Waals surface area contributed by atoms with Crippen molar-refractivity contribution < 1.29 is 9.90 Å². The Hall–Kier alpha value is -0.550. The van der Waals surface area contributed by atoms with Gasteiger partial charge >= 0.3 is 0 Å². The zero-order chi connectivity index (χ0) is 10.7. The predicted molar refractivity (Wildman–Crippen MR) is 60.3 cm³/mol. The van der Waals surface area contributed by atoms with Gasteiger partial charge in [-0.05, 0) is 41.1 Å². The second-order valence-corrected chi connectivity index (χ2v) is 4.38. The number of carboxylic acid groups (broad SMARTS) is 1. The molecule has 1 rings (SSSR count). The van der Waals surface area contributed by atoms with Gasteiger partial charge in [0.1, 0.15) is 6.09 Å². The van der Waals surface area contributed by atoms with Gasteiger partial charge in [-0.1, -0.05) is 15.9 Å². The molecule has 1 amide bonds. The molecule has 0 aliphatic carbocycles. The zero-order valence-electron chi connectivity index (χ0n) is 7.46. The number of carbonyl (C=O) groups excluding carboxylic acids is 1. The number of amides is 1. The lowest BCUT2D eigenvalue weighted by Gasteiger charge is -2.24. The standard InChI is InChI=1S/C9H9Br2NO2/c1-2-12(9(13)14)8-4-3-6(10)5-7(8)11/h3-5H,2H2,1H3,(H,13,14)/p-1. The molecule has 0 aliphatic heterocycles. The van der Waals surface area contributed by atoms with Crippen LogP contribution >= 0.6 is 31.9 Å². The second kappa shape index (κ2) is 4.79. The lowest BCUT2D eigenvalue weighted by molar-refractivity contribution is -0.246. The van der Waals surface area contributed by atoms with Crippen molar-refractivity contribution in [2.24, 2.45) is 0 Å². The SMILES string of the molecule is CCN(C(=O)[O-])c1ccc(Br)cc1Br. The maximum absolute atomic E-state index is 10.8. The van der Waals surface area contributed by atoms with Crippen molar-refractivity contribution in [1.82, 2.24) is 0 Å². The van der Waals surface area contributed by atoms with Crippen molar-refractivity contribution >= 4 is 43.6 Å². The van der Waals surface area contributed by atoms with Gasteiger partial charge in [-0.25, -0.2) is 0 Å². The number of hydrogen-bond acceptors (Lipinski definition) is 2. The van der Waals surface area contributed by atoms with Gasteiger partial charge in [0, 0.05) is 15.5 Å². The average molecular weight is 322 g/mol. The predicted octanol–water partition coefficient (Wildman–Crippen LogP) is 2.38. The smallest absolute Gasteiger partial charge is 0.141 e. The lowest BCUT2D eigenvalue weighted by atomic mass is 10.3. The first-order valence-electron chi connectivity index (χ1n) is 3.99. The summed E-state index contributed by atoms with van der Waals surface area (Å²) in [4.78, 5) is 11.9. The van der Waals surface area contributed by atoms with E-state index in [0.717, 1.165) is 13.8 Å². The van der Waals surface area contributed by atoms with E-state index in [2.05, 4.69) is 31.9 Å². The Morgan fingerprint density at radius 3 is 2.57 bits per heavy atom. The first kappa shape index (κ1) is 11.5. The van der Waals surface area contributed by atoms with Crippen LogP contribution in [0.3, 0.4) is 0 Å². The van der Waals surface area contributed by atoms with Gasteiger partial charge in [-0.3, -0.25) is 0 Å². The van der Waals surface area contributed by atoms with Gasteiger partial charge in [0.25, 0.3) is 0 Å². The van der Waals surface area contributed by atoms with Gasteiger partial charge in [-0.2, -0.15) is 0 Å². The fraction of sp³-hybridized carbons (Fsp3) is 0.222. The highest BCUT2D eigenvalue weighted by atomic mass is 79.9. The van der Waals surface area contributed by atoms with E-state index >= 15 is 0 Å². The first-order valence-corrected chi connectivity index (χ1v) is 5.58. The fourth-order valence-electron chi connectivity index (χ4n) is 1.10. The molecule has 0 radical (unpaired) electrons. The minimum absolute atomic E-state index is 0.364. The molecule has 0 heterocycles. The Balaban J connectivity index is 3.10. The summed E-state index contributed by atoms with van der Waals surface area (Å²) >= 11 is 6.59. The molecule has 3 nitrogen and oxygen atoms in total. The molecule has 0 saturated carbocycles. The normalized spacial score (nSPS) is 9.93. The van der Waals surface area contributed by atoms with Crippen LogP contribution in [0.2, 0.25) is 0 Å². The van der Waals surface area contributed by atoms with E-state index in [1.807, 2.05) is 0 Å². The molecule has 0 aromatic heterocycles. The van der Waals surface area contributed by atoms with Crippen LogP contribution in [-0.2, 0) is 0 Å². The second-order valence-electron chi connectivity index (χ2n) is 2.61. The van der Waals surface area contributed by atoms with Crippen LogP contribution < -0.4 is 10.0 Å². The summed E-state index contributed by atoms with van der Waals surface area (Å²) in [6.07, 6.45) is -1.20. The van der Waals surface area contributed by atoms with Crippen molar-refractivity contribution in [1.29, 1.82) is 0 Å². The number of nitrogens with zero attached hydrogens (tertiary/aromatic N) is 1. The number of benzene rings is 1. The van der Waals surface area contributed by atoms with Crippen LogP contribution in [0.5, 0.6) is 0 Å². The highest BCUT2D eigenvalue weighted by molar-refractivity contribution is 9.11. The van der Waals surface area contributed by atoms with E-state index in [4.69, 9.17) is 0 Å². The van der Waals surface area contributed by atoms with Crippen molar-refractivity contribution in [2.75, 3.05) is 11.4 Å². The summed E-state index contributed by atoms with van der Waals surface area (Å²) in [7, 11) is 0. The molecule has 0 aliphatic rings. The largest absolute Gasteiger partial charge is 0.530 e. The van der Waals surface area contributed by atoms with E-state index in [-0.39, 0.29) is 0 Å². The maximum atomic E-state index is 10.8. The quantitative estimate of drug-likeness (QED) is 0.839. The molecule has 0 spiro atoms. The molecule has 0 atom stereocenters. The van der Waals surface area contributed by atoms with Crippen molar-refractivity contribution in [3.05, 3.63) is 27.1 Å².